The van der Waals surface area contributed by atoms with E-state index in [9.17, 15) is 9.59 Å². The van der Waals surface area contributed by atoms with E-state index < -0.39 is 11.8 Å². The van der Waals surface area contributed by atoms with Crippen molar-refractivity contribution in [1.29, 1.82) is 0 Å². The van der Waals surface area contributed by atoms with Gasteiger partial charge in [-0.2, -0.15) is 0 Å². The Hall–Kier alpha value is -2.24. The van der Waals surface area contributed by atoms with Crippen LogP contribution in [0.3, 0.4) is 0 Å². The Morgan fingerprint density at radius 1 is 1.06 bits per heavy atom. The highest BCUT2D eigenvalue weighted by atomic mass is 16.5. The van der Waals surface area contributed by atoms with Crippen LogP contribution in [0.1, 0.15) is 5.56 Å². The molecule has 0 amide bonds. The molecule has 0 aliphatic rings. The molecular weight excluding hydrogens is 240 g/mol. The fraction of sp³-hybridized carbons (Fsp3) is 0.333. The van der Waals surface area contributed by atoms with Gasteiger partial charge in [0.25, 0.3) is 0 Å². The SMILES string of the molecule is COc1cc(OC)c(CC(=O)C(=O)O)c(OC)c1. The molecule has 98 valence electrons. The van der Waals surface area contributed by atoms with Crippen LogP contribution in [-0.2, 0) is 16.0 Å². The van der Waals surface area contributed by atoms with Crippen LogP contribution in [0, 0.1) is 0 Å². The van der Waals surface area contributed by atoms with Gasteiger partial charge in [-0.15, -0.1) is 0 Å². The molecule has 1 aromatic carbocycles. The van der Waals surface area contributed by atoms with Crippen LogP contribution in [0.2, 0.25) is 0 Å². The molecule has 1 N–H and O–H groups in total. The average Bonchev–Trinajstić information content (AvgIpc) is 2.38. The lowest BCUT2D eigenvalue weighted by molar-refractivity contribution is -0.148. The van der Waals surface area contributed by atoms with Crippen molar-refractivity contribution in [3.05, 3.63) is 17.7 Å². The zero-order chi connectivity index (χ0) is 13.7. The maximum atomic E-state index is 11.3. The average molecular weight is 254 g/mol. The number of methoxy groups -OCH3 is 3. The number of hydrogen-bond acceptors (Lipinski definition) is 5. The van der Waals surface area contributed by atoms with Crippen molar-refractivity contribution < 1.29 is 28.9 Å². The van der Waals surface area contributed by atoms with Crippen molar-refractivity contribution in [3.63, 3.8) is 0 Å². The van der Waals surface area contributed by atoms with Crippen molar-refractivity contribution in [2.45, 2.75) is 6.42 Å². The monoisotopic (exact) mass is 254 g/mol. The number of benzene rings is 1. The summed E-state index contributed by atoms with van der Waals surface area (Å²) < 4.78 is 15.3. The van der Waals surface area contributed by atoms with Crippen molar-refractivity contribution in [2.75, 3.05) is 21.3 Å². The fourth-order valence-corrected chi connectivity index (χ4v) is 1.49. The molecule has 6 nitrogen and oxygen atoms in total. The molecule has 1 rings (SSSR count). The first-order valence-electron chi connectivity index (χ1n) is 5.08. The normalized spacial score (nSPS) is 9.72. The minimum atomic E-state index is -1.49. The van der Waals surface area contributed by atoms with Crippen LogP contribution in [-0.4, -0.2) is 38.2 Å². The highest BCUT2D eigenvalue weighted by Crippen LogP contribution is 2.34. The van der Waals surface area contributed by atoms with Gasteiger partial charge in [0.2, 0.25) is 5.78 Å². The molecule has 0 fully saturated rings. The zero-order valence-electron chi connectivity index (χ0n) is 10.4. The van der Waals surface area contributed by atoms with E-state index in [0.717, 1.165) is 0 Å². The van der Waals surface area contributed by atoms with Crippen LogP contribution in [0.5, 0.6) is 17.2 Å². The van der Waals surface area contributed by atoms with Crippen LogP contribution in [0.4, 0.5) is 0 Å². The van der Waals surface area contributed by atoms with Gasteiger partial charge >= 0.3 is 5.97 Å². The number of carboxylic acids is 1. The van der Waals surface area contributed by atoms with E-state index in [1.54, 1.807) is 12.1 Å². The number of carbonyl (C=O) groups excluding carboxylic acids is 1. The highest BCUT2D eigenvalue weighted by molar-refractivity contribution is 6.33. The van der Waals surface area contributed by atoms with E-state index in [4.69, 9.17) is 19.3 Å². The van der Waals surface area contributed by atoms with Gasteiger partial charge in [0.05, 0.1) is 27.8 Å². The van der Waals surface area contributed by atoms with Gasteiger partial charge in [-0.1, -0.05) is 0 Å². The fourth-order valence-electron chi connectivity index (χ4n) is 1.49. The molecule has 0 bridgehead atoms. The molecule has 0 radical (unpaired) electrons. The Balaban J connectivity index is 3.22. The number of carbonyl (C=O) groups is 2. The third kappa shape index (κ3) is 2.91. The molecule has 18 heavy (non-hydrogen) atoms. The van der Waals surface area contributed by atoms with Gasteiger partial charge in [0, 0.05) is 17.7 Å². The number of carboxylic acid groups (broad SMARTS) is 1. The first-order valence-corrected chi connectivity index (χ1v) is 5.08. The van der Waals surface area contributed by atoms with Crippen LogP contribution in [0.25, 0.3) is 0 Å². The predicted molar refractivity (Wildman–Crippen MR) is 62.4 cm³/mol. The number of ether oxygens (including phenoxy) is 3. The van der Waals surface area contributed by atoms with Gasteiger partial charge in [-0.3, -0.25) is 4.79 Å². The molecule has 0 heterocycles. The number of ketones is 1. The van der Waals surface area contributed by atoms with Gasteiger partial charge in [0.15, 0.2) is 0 Å². The summed E-state index contributed by atoms with van der Waals surface area (Å²) in [6.07, 6.45) is -0.300. The van der Waals surface area contributed by atoms with E-state index in [1.807, 2.05) is 0 Å². The van der Waals surface area contributed by atoms with Crippen LogP contribution in [0.15, 0.2) is 12.1 Å². The lowest BCUT2D eigenvalue weighted by Gasteiger charge is -2.13. The van der Waals surface area contributed by atoms with Crippen LogP contribution < -0.4 is 14.2 Å². The Morgan fingerprint density at radius 2 is 1.56 bits per heavy atom. The van der Waals surface area contributed by atoms with Gasteiger partial charge in [-0.05, 0) is 0 Å². The van der Waals surface area contributed by atoms with E-state index in [2.05, 4.69) is 0 Å². The van der Waals surface area contributed by atoms with E-state index >= 15 is 0 Å². The second-order valence-electron chi connectivity index (χ2n) is 3.42. The van der Waals surface area contributed by atoms with E-state index in [1.165, 1.54) is 21.3 Å². The first-order chi connectivity index (χ1) is 8.53. The van der Waals surface area contributed by atoms with Crippen molar-refractivity contribution >= 4 is 11.8 Å². The highest BCUT2D eigenvalue weighted by Gasteiger charge is 2.20. The van der Waals surface area contributed by atoms with Crippen molar-refractivity contribution in [3.8, 4) is 17.2 Å². The Morgan fingerprint density at radius 3 is 1.89 bits per heavy atom. The minimum Gasteiger partial charge on any atom is -0.496 e. The maximum Gasteiger partial charge on any atom is 0.372 e. The van der Waals surface area contributed by atoms with Gasteiger partial charge in [0.1, 0.15) is 17.2 Å². The van der Waals surface area contributed by atoms with Crippen LogP contribution >= 0.6 is 0 Å². The summed E-state index contributed by atoms with van der Waals surface area (Å²) in [7, 11) is 4.32. The van der Waals surface area contributed by atoms with Gasteiger partial charge < -0.3 is 19.3 Å². The molecule has 0 atom stereocenters. The summed E-state index contributed by atoms with van der Waals surface area (Å²) in [5, 5.41) is 8.62. The lowest BCUT2D eigenvalue weighted by atomic mass is 10.1. The molecule has 0 saturated carbocycles. The summed E-state index contributed by atoms with van der Waals surface area (Å²) in [6, 6.07) is 3.12. The molecule has 0 saturated heterocycles. The summed E-state index contributed by atoms with van der Waals surface area (Å²) in [5.41, 5.74) is 0.383. The third-order valence-corrected chi connectivity index (χ3v) is 2.39. The van der Waals surface area contributed by atoms with Crippen molar-refractivity contribution in [1.82, 2.24) is 0 Å². The largest absolute Gasteiger partial charge is 0.496 e. The molecule has 0 aromatic heterocycles. The predicted octanol–water partition coefficient (Wildman–Crippen LogP) is 0.909. The molecular formula is C12H14O6. The number of rotatable bonds is 6. The summed E-state index contributed by atoms with van der Waals surface area (Å²) in [6.45, 7) is 0. The number of hydrogen-bond donors (Lipinski definition) is 1. The third-order valence-electron chi connectivity index (χ3n) is 2.39. The smallest absolute Gasteiger partial charge is 0.372 e. The van der Waals surface area contributed by atoms with Crippen molar-refractivity contribution in [2.24, 2.45) is 0 Å². The van der Waals surface area contributed by atoms with Gasteiger partial charge in [-0.25, -0.2) is 4.79 Å². The quantitative estimate of drug-likeness (QED) is 0.760. The molecule has 0 unspecified atom stereocenters. The second-order valence-corrected chi connectivity index (χ2v) is 3.42. The molecule has 0 aliphatic carbocycles. The maximum absolute atomic E-state index is 11.3. The lowest BCUT2D eigenvalue weighted by Crippen LogP contribution is -2.16. The molecule has 0 spiro atoms. The molecule has 0 aliphatic heterocycles. The Bertz CT molecular complexity index is 441. The Labute approximate surface area is 104 Å². The van der Waals surface area contributed by atoms with E-state index in [-0.39, 0.29) is 6.42 Å². The topological polar surface area (TPSA) is 82.1 Å². The summed E-state index contributed by atoms with van der Waals surface area (Å²) >= 11 is 0. The molecule has 6 heteroatoms. The zero-order valence-corrected chi connectivity index (χ0v) is 10.4. The number of Topliss-reactive ketones (excluding diaryl/α,β-unsaturated/α-hetero) is 1. The molecule has 1 aromatic rings. The van der Waals surface area contributed by atoms with E-state index in [0.29, 0.717) is 22.8 Å². The minimum absolute atomic E-state index is 0.300. The summed E-state index contributed by atoms with van der Waals surface area (Å²) in [4.78, 5) is 21.8. The Kier molecular flexibility index (Phi) is 4.53. The second kappa shape index (κ2) is 5.90. The first kappa shape index (κ1) is 13.8. The standard InChI is InChI=1S/C12H14O6/c1-16-7-4-10(17-2)8(11(5-7)18-3)6-9(13)12(14)15/h4-5H,6H2,1-3H3,(H,14,15). The summed E-state index contributed by atoms with van der Waals surface area (Å²) in [5.74, 6) is -1.23. The number of aliphatic carboxylic acids is 1.